The maximum absolute atomic E-state index is 11.7. The molecule has 1 rings (SSSR count). The summed E-state index contributed by atoms with van der Waals surface area (Å²) in [4.78, 5) is 11.7. The Bertz CT molecular complexity index is 451. The quantitative estimate of drug-likeness (QED) is 0.570. The highest BCUT2D eigenvalue weighted by Crippen LogP contribution is 2.31. The van der Waals surface area contributed by atoms with Crippen LogP contribution in [0, 0.1) is 5.41 Å². The van der Waals surface area contributed by atoms with Crippen molar-refractivity contribution >= 4 is 5.97 Å². The molecule has 0 radical (unpaired) electrons. The highest BCUT2D eigenvalue weighted by Gasteiger charge is 2.24. The number of aromatic hydroxyl groups is 1. The lowest BCUT2D eigenvalue weighted by atomic mass is 9.97. The number of hydrogen-bond donors (Lipinski definition) is 3. The van der Waals surface area contributed by atoms with E-state index in [0.29, 0.717) is 12.1 Å². The molecule has 1 aromatic rings. The van der Waals surface area contributed by atoms with Gasteiger partial charge in [0.15, 0.2) is 11.5 Å². The molecule has 0 fully saturated rings. The van der Waals surface area contributed by atoms with Gasteiger partial charge in [-0.1, -0.05) is 6.07 Å². The molecular formula is C14H21NO4. The van der Waals surface area contributed by atoms with Gasteiger partial charge in [-0.25, -0.2) is 0 Å². The second-order valence-electron chi connectivity index (χ2n) is 5.44. The van der Waals surface area contributed by atoms with Crippen LogP contribution >= 0.6 is 0 Å². The number of aliphatic hydroxyl groups excluding tert-OH is 1. The molecule has 0 unspecified atom stereocenters. The average Bonchev–Trinajstić information content (AvgIpc) is 2.30. The number of carbonyl (C=O) groups is 1. The van der Waals surface area contributed by atoms with Crippen LogP contribution in [0.3, 0.4) is 0 Å². The lowest BCUT2D eigenvalue weighted by Crippen LogP contribution is -2.25. The van der Waals surface area contributed by atoms with Gasteiger partial charge in [-0.3, -0.25) is 4.79 Å². The molecule has 106 valence electrons. The van der Waals surface area contributed by atoms with Crippen LogP contribution in [0.15, 0.2) is 18.2 Å². The lowest BCUT2D eigenvalue weighted by molar-refractivity contribution is -0.143. The molecule has 19 heavy (non-hydrogen) atoms. The van der Waals surface area contributed by atoms with Crippen LogP contribution in [-0.2, 0) is 4.79 Å². The van der Waals surface area contributed by atoms with Crippen molar-refractivity contribution in [2.24, 2.45) is 5.41 Å². The van der Waals surface area contributed by atoms with Gasteiger partial charge in [0.1, 0.15) is 0 Å². The van der Waals surface area contributed by atoms with E-state index in [9.17, 15) is 15.0 Å². The Hall–Kier alpha value is -1.59. The summed E-state index contributed by atoms with van der Waals surface area (Å²) in [6, 6.07) is 4.49. The Kier molecular flexibility index (Phi) is 4.91. The van der Waals surface area contributed by atoms with E-state index in [1.54, 1.807) is 33.9 Å². The van der Waals surface area contributed by atoms with Gasteiger partial charge < -0.3 is 20.3 Å². The Morgan fingerprint density at radius 1 is 1.42 bits per heavy atom. The minimum absolute atomic E-state index is 0.0975. The van der Waals surface area contributed by atoms with Crippen LogP contribution in [0.25, 0.3) is 0 Å². The van der Waals surface area contributed by atoms with Crippen LogP contribution in [0.5, 0.6) is 11.5 Å². The van der Waals surface area contributed by atoms with Crippen molar-refractivity contribution in [3.8, 4) is 11.5 Å². The molecule has 0 bridgehead atoms. The highest BCUT2D eigenvalue weighted by atomic mass is 16.5. The molecule has 5 heteroatoms. The van der Waals surface area contributed by atoms with E-state index in [4.69, 9.17) is 4.74 Å². The van der Waals surface area contributed by atoms with Gasteiger partial charge in [0, 0.05) is 6.54 Å². The molecule has 3 N–H and O–H groups in total. The maximum atomic E-state index is 11.7. The third-order valence-electron chi connectivity index (χ3n) is 2.58. The van der Waals surface area contributed by atoms with Crippen molar-refractivity contribution in [1.82, 2.24) is 5.32 Å². The molecule has 1 atom stereocenters. The zero-order valence-electron chi connectivity index (χ0n) is 11.7. The smallest absolute Gasteiger partial charge is 0.316 e. The first-order chi connectivity index (χ1) is 8.75. The van der Waals surface area contributed by atoms with E-state index in [0.717, 1.165) is 0 Å². The van der Waals surface area contributed by atoms with Crippen molar-refractivity contribution in [1.29, 1.82) is 0 Å². The van der Waals surface area contributed by atoms with Crippen LogP contribution in [0.2, 0.25) is 0 Å². The van der Waals surface area contributed by atoms with Gasteiger partial charge in [0.05, 0.1) is 11.5 Å². The third kappa shape index (κ3) is 4.22. The third-order valence-corrected chi connectivity index (χ3v) is 2.58. The SMILES string of the molecule is CNC[C@H](O)c1ccc(OC(=O)C(C)(C)C)c(O)c1. The summed E-state index contributed by atoms with van der Waals surface area (Å²) in [6.07, 6.45) is -0.719. The minimum atomic E-state index is -0.719. The summed E-state index contributed by atoms with van der Waals surface area (Å²) in [5, 5.41) is 22.4. The Balaban J connectivity index is 2.86. The number of hydrogen-bond acceptors (Lipinski definition) is 5. The number of rotatable bonds is 4. The van der Waals surface area contributed by atoms with Crippen molar-refractivity contribution in [2.75, 3.05) is 13.6 Å². The van der Waals surface area contributed by atoms with Gasteiger partial charge in [0.2, 0.25) is 0 Å². The number of phenolic OH excluding ortho intramolecular Hbond substituents is 1. The van der Waals surface area contributed by atoms with E-state index in [-0.39, 0.29) is 11.5 Å². The van der Waals surface area contributed by atoms with Gasteiger partial charge in [-0.15, -0.1) is 0 Å². The lowest BCUT2D eigenvalue weighted by Gasteiger charge is -2.17. The first kappa shape index (κ1) is 15.5. The fourth-order valence-corrected chi connectivity index (χ4v) is 1.39. The van der Waals surface area contributed by atoms with Crippen molar-refractivity contribution in [2.45, 2.75) is 26.9 Å². The van der Waals surface area contributed by atoms with Gasteiger partial charge in [0.25, 0.3) is 0 Å². The number of esters is 1. The Morgan fingerprint density at radius 3 is 2.53 bits per heavy atom. The van der Waals surface area contributed by atoms with E-state index in [1.807, 2.05) is 0 Å². The number of likely N-dealkylation sites (N-methyl/N-ethyl adjacent to an activating group) is 1. The van der Waals surface area contributed by atoms with Gasteiger partial charge in [-0.2, -0.15) is 0 Å². The Labute approximate surface area is 113 Å². The standard InChI is InChI=1S/C14H21NO4/c1-14(2,3)13(18)19-12-6-5-9(7-10(12)16)11(17)8-15-4/h5-7,11,15-17H,8H2,1-4H3/t11-/m0/s1. The van der Waals surface area contributed by atoms with E-state index < -0.39 is 17.5 Å². The molecule has 0 aliphatic carbocycles. The molecule has 0 heterocycles. The number of ether oxygens (including phenoxy) is 1. The summed E-state index contributed by atoms with van der Waals surface area (Å²) >= 11 is 0. The molecule has 1 aromatic carbocycles. The van der Waals surface area contributed by atoms with Crippen LogP contribution < -0.4 is 10.1 Å². The number of carbonyl (C=O) groups excluding carboxylic acids is 1. The summed E-state index contributed by atoms with van der Waals surface area (Å²) in [5.74, 6) is -0.489. The average molecular weight is 267 g/mol. The number of aliphatic hydroxyl groups is 1. The monoisotopic (exact) mass is 267 g/mol. The fraction of sp³-hybridized carbons (Fsp3) is 0.500. The first-order valence-electron chi connectivity index (χ1n) is 6.13. The molecule has 0 saturated carbocycles. The molecule has 0 amide bonds. The molecule has 0 aliphatic rings. The summed E-state index contributed by atoms with van der Waals surface area (Å²) < 4.78 is 5.12. The highest BCUT2D eigenvalue weighted by molar-refractivity contribution is 5.78. The van der Waals surface area contributed by atoms with Gasteiger partial charge >= 0.3 is 5.97 Å². The summed E-state index contributed by atoms with van der Waals surface area (Å²) in [6.45, 7) is 5.58. The van der Waals surface area contributed by atoms with Crippen molar-refractivity contribution in [3.05, 3.63) is 23.8 Å². The van der Waals surface area contributed by atoms with E-state index in [2.05, 4.69) is 5.32 Å². The molecule has 0 spiro atoms. The van der Waals surface area contributed by atoms with Crippen LogP contribution in [-0.4, -0.2) is 29.8 Å². The molecule has 0 aromatic heterocycles. The van der Waals surface area contributed by atoms with Crippen LogP contribution in [0.1, 0.15) is 32.4 Å². The first-order valence-corrected chi connectivity index (χ1v) is 6.13. The minimum Gasteiger partial charge on any atom is -0.504 e. The van der Waals surface area contributed by atoms with Crippen LogP contribution in [0.4, 0.5) is 0 Å². The second-order valence-corrected chi connectivity index (χ2v) is 5.44. The number of phenols is 1. The zero-order valence-corrected chi connectivity index (χ0v) is 11.7. The van der Waals surface area contributed by atoms with Crippen molar-refractivity contribution in [3.63, 3.8) is 0 Å². The maximum Gasteiger partial charge on any atom is 0.316 e. The molecule has 0 saturated heterocycles. The van der Waals surface area contributed by atoms with Gasteiger partial charge in [-0.05, 0) is 45.5 Å². The molecule has 5 nitrogen and oxygen atoms in total. The largest absolute Gasteiger partial charge is 0.504 e. The fourth-order valence-electron chi connectivity index (χ4n) is 1.39. The predicted octanol–water partition coefficient (Wildman–Crippen LogP) is 1.60. The second kappa shape index (κ2) is 6.04. The Morgan fingerprint density at radius 2 is 2.05 bits per heavy atom. The summed E-state index contributed by atoms with van der Waals surface area (Å²) in [5.41, 5.74) is -0.0843. The van der Waals surface area contributed by atoms with Crippen molar-refractivity contribution < 1.29 is 19.7 Å². The summed E-state index contributed by atoms with van der Waals surface area (Å²) in [7, 11) is 1.72. The zero-order chi connectivity index (χ0) is 14.6. The number of nitrogens with one attached hydrogen (secondary N) is 1. The van der Waals surface area contributed by atoms with E-state index >= 15 is 0 Å². The molecule has 0 aliphatic heterocycles. The number of benzene rings is 1. The van der Waals surface area contributed by atoms with E-state index in [1.165, 1.54) is 12.1 Å². The normalized spacial score (nSPS) is 13.1. The topological polar surface area (TPSA) is 78.8 Å². The predicted molar refractivity (Wildman–Crippen MR) is 72.1 cm³/mol. The molecular weight excluding hydrogens is 246 g/mol.